The molecule has 0 saturated carbocycles. The molecule has 2 aliphatic heterocycles. The monoisotopic (exact) mass is 305 g/mol. The number of fused-ring (bicyclic) bond motifs is 1. The molecule has 1 saturated heterocycles. The standard InChI is InChI=1S/C18H15N3S/c19-13-16-11-12-21-18(16,15-9-5-2-6-10-15)22-17(20-21)14-7-3-1-4-8-14/h1-10,16H,11-12H2/t16-,18+/m1/s1. The minimum atomic E-state index is -0.374. The molecule has 0 spiro atoms. The van der Waals surface area contributed by atoms with Gasteiger partial charge in [-0.05, 0) is 12.0 Å². The molecule has 4 heteroatoms. The fourth-order valence-electron chi connectivity index (χ4n) is 3.25. The van der Waals surface area contributed by atoms with E-state index in [0.717, 1.165) is 23.6 Å². The number of hydrogen-bond acceptors (Lipinski definition) is 4. The van der Waals surface area contributed by atoms with Crippen LogP contribution in [0, 0.1) is 17.2 Å². The Labute approximate surface area is 134 Å². The average molecular weight is 305 g/mol. The molecule has 3 nitrogen and oxygen atoms in total. The Balaban J connectivity index is 1.80. The zero-order valence-corrected chi connectivity index (χ0v) is 12.8. The van der Waals surface area contributed by atoms with Crippen molar-refractivity contribution in [3.63, 3.8) is 0 Å². The predicted molar refractivity (Wildman–Crippen MR) is 89.1 cm³/mol. The van der Waals surface area contributed by atoms with E-state index in [1.165, 1.54) is 5.56 Å². The van der Waals surface area contributed by atoms with Crippen LogP contribution >= 0.6 is 11.8 Å². The second kappa shape index (κ2) is 5.19. The van der Waals surface area contributed by atoms with Gasteiger partial charge in [0.05, 0.1) is 12.0 Å². The molecular formula is C18H15N3S. The Morgan fingerprint density at radius 1 is 1.09 bits per heavy atom. The van der Waals surface area contributed by atoms with E-state index in [-0.39, 0.29) is 10.8 Å². The molecular weight excluding hydrogens is 290 g/mol. The summed E-state index contributed by atoms with van der Waals surface area (Å²) in [6.45, 7) is 0.830. The summed E-state index contributed by atoms with van der Waals surface area (Å²) in [4.78, 5) is -0.374. The third-order valence-electron chi connectivity index (χ3n) is 4.31. The maximum Gasteiger partial charge on any atom is 0.150 e. The Bertz CT molecular complexity index is 751. The normalized spacial score (nSPS) is 26.4. The minimum Gasteiger partial charge on any atom is -0.273 e. The largest absolute Gasteiger partial charge is 0.273 e. The van der Waals surface area contributed by atoms with E-state index in [0.29, 0.717) is 0 Å². The molecule has 1 fully saturated rings. The van der Waals surface area contributed by atoms with Gasteiger partial charge in [-0.25, -0.2) is 0 Å². The van der Waals surface area contributed by atoms with Crippen LogP contribution in [0.25, 0.3) is 0 Å². The Hall–Kier alpha value is -2.25. The molecule has 0 unspecified atom stereocenters. The van der Waals surface area contributed by atoms with Crippen molar-refractivity contribution < 1.29 is 0 Å². The van der Waals surface area contributed by atoms with E-state index in [9.17, 15) is 5.26 Å². The average Bonchev–Trinajstić information content (AvgIpc) is 3.13. The third-order valence-corrected chi connectivity index (χ3v) is 5.87. The lowest BCUT2D eigenvalue weighted by molar-refractivity contribution is 0.229. The van der Waals surface area contributed by atoms with Gasteiger partial charge in [-0.2, -0.15) is 10.4 Å². The first kappa shape index (κ1) is 13.4. The highest BCUT2D eigenvalue weighted by atomic mass is 32.2. The second-order valence-electron chi connectivity index (χ2n) is 5.53. The van der Waals surface area contributed by atoms with Crippen LogP contribution in [0.5, 0.6) is 0 Å². The molecule has 4 rings (SSSR count). The Morgan fingerprint density at radius 2 is 1.77 bits per heavy atom. The topological polar surface area (TPSA) is 39.4 Å². The van der Waals surface area contributed by atoms with Crippen molar-refractivity contribution >= 4 is 16.8 Å². The van der Waals surface area contributed by atoms with Gasteiger partial charge < -0.3 is 0 Å². The van der Waals surface area contributed by atoms with Gasteiger partial charge in [-0.15, -0.1) is 0 Å². The summed E-state index contributed by atoms with van der Waals surface area (Å²) in [5.41, 5.74) is 2.28. The van der Waals surface area contributed by atoms with Crippen LogP contribution in [0.3, 0.4) is 0 Å². The number of rotatable bonds is 2. The van der Waals surface area contributed by atoms with Crippen molar-refractivity contribution in [2.24, 2.45) is 11.0 Å². The molecule has 2 aliphatic rings. The molecule has 0 radical (unpaired) electrons. The SMILES string of the molecule is N#C[C@H]1CCN2N=C(c3ccccc3)S[C@@]12c1ccccc1. The lowest BCUT2D eigenvalue weighted by Gasteiger charge is -2.33. The molecule has 2 atom stereocenters. The van der Waals surface area contributed by atoms with Crippen LogP contribution in [-0.4, -0.2) is 16.6 Å². The first-order valence-corrected chi connectivity index (χ1v) is 8.22. The number of nitriles is 1. The molecule has 0 amide bonds. The van der Waals surface area contributed by atoms with E-state index in [2.05, 4.69) is 35.3 Å². The smallest absolute Gasteiger partial charge is 0.150 e. The number of benzene rings is 2. The summed E-state index contributed by atoms with van der Waals surface area (Å²) in [6, 6.07) is 23.0. The van der Waals surface area contributed by atoms with E-state index < -0.39 is 0 Å². The second-order valence-corrected chi connectivity index (χ2v) is 6.74. The summed E-state index contributed by atoms with van der Waals surface area (Å²) in [7, 11) is 0. The maximum atomic E-state index is 9.66. The first-order chi connectivity index (χ1) is 10.8. The molecule has 0 bridgehead atoms. The summed E-state index contributed by atoms with van der Waals surface area (Å²) in [5.74, 6) is -0.0511. The highest BCUT2D eigenvalue weighted by Gasteiger charge is 2.55. The summed E-state index contributed by atoms with van der Waals surface area (Å²) in [6.07, 6.45) is 0.865. The van der Waals surface area contributed by atoms with Crippen molar-refractivity contribution in [2.75, 3.05) is 6.54 Å². The van der Waals surface area contributed by atoms with Crippen LogP contribution < -0.4 is 0 Å². The van der Waals surface area contributed by atoms with E-state index in [4.69, 9.17) is 5.10 Å². The lowest BCUT2D eigenvalue weighted by Crippen LogP contribution is -2.36. The predicted octanol–water partition coefficient (Wildman–Crippen LogP) is 3.79. The van der Waals surface area contributed by atoms with Crippen LogP contribution in [0.1, 0.15) is 17.5 Å². The van der Waals surface area contributed by atoms with Gasteiger partial charge >= 0.3 is 0 Å². The highest BCUT2D eigenvalue weighted by molar-refractivity contribution is 8.15. The molecule has 0 aliphatic carbocycles. The van der Waals surface area contributed by atoms with E-state index in [1.807, 2.05) is 36.4 Å². The third kappa shape index (κ3) is 1.86. The fraction of sp³-hybridized carbons (Fsp3) is 0.222. The first-order valence-electron chi connectivity index (χ1n) is 7.40. The van der Waals surface area contributed by atoms with Gasteiger partial charge in [-0.1, -0.05) is 72.4 Å². The van der Waals surface area contributed by atoms with E-state index >= 15 is 0 Å². The fourth-order valence-corrected chi connectivity index (χ4v) is 4.75. The minimum absolute atomic E-state index is 0.0511. The van der Waals surface area contributed by atoms with Crippen LogP contribution in [0.4, 0.5) is 0 Å². The molecule has 108 valence electrons. The van der Waals surface area contributed by atoms with Crippen LogP contribution in [-0.2, 0) is 4.87 Å². The van der Waals surface area contributed by atoms with Gasteiger partial charge in [0.25, 0.3) is 0 Å². The quantitative estimate of drug-likeness (QED) is 0.847. The van der Waals surface area contributed by atoms with E-state index in [1.54, 1.807) is 11.8 Å². The molecule has 22 heavy (non-hydrogen) atoms. The van der Waals surface area contributed by atoms with Crippen molar-refractivity contribution in [2.45, 2.75) is 11.3 Å². The molecule has 2 aromatic carbocycles. The number of hydrogen-bond donors (Lipinski definition) is 0. The molecule has 2 heterocycles. The summed E-state index contributed by atoms with van der Waals surface area (Å²) < 4.78 is 0. The zero-order chi connectivity index (χ0) is 15.0. The van der Waals surface area contributed by atoms with Crippen molar-refractivity contribution in [1.82, 2.24) is 5.01 Å². The van der Waals surface area contributed by atoms with Crippen molar-refractivity contribution in [3.05, 3.63) is 71.8 Å². The molecule has 0 aromatic heterocycles. The van der Waals surface area contributed by atoms with Gasteiger partial charge in [0.15, 0.2) is 0 Å². The molecule has 0 N–H and O–H groups in total. The molecule has 2 aromatic rings. The Morgan fingerprint density at radius 3 is 2.45 bits per heavy atom. The lowest BCUT2D eigenvalue weighted by atomic mass is 9.94. The summed E-state index contributed by atoms with van der Waals surface area (Å²) >= 11 is 1.72. The zero-order valence-electron chi connectivity index (χ0n) is 12.0. The Kier molecular flexibility index (Phi) is 3.16. The van der Waals surface area contributed by atoms with Gasteiger partial charge in [0, 0.05) is 12.1 Å². The van der Waals surface area contributed by atoms with Crippen molar-refractivity contribution in [3.8, 4) is 6.07 Å². The van der Waals surface area contributed by atoms with Gasteiger partial charge in [0.2, 0.25) is 0 Å². The van der Waals surface area contributed by atoms with Gasteiger partial charge in [0.1, 0.15) is 9.91 Å². The van der Waals surface area contributed by atoms with Crippen molar-refractivity contribution in [1.29, 1.82) is 5.26 Å². The number of thioether (sulfide) groups is 1. The number of hydrazone groups is 1. The van der Waals surface area contributed by atoms with Gasteiger partial charge in [-0.3, -0.25) is 5.01 Å². The number of nitrogens with zero attached hydrogens (tertiary/aromatic N) is 3. The maximum absolute atomic E-state index is 9.66. The van der Waals surface area contributed by atoms with Crippen LogP contribution in [0.2, 0.25) is 0 Å². The summed E-state index contributed by atoms with van der Waals surface area (Å²) in [5, 5.41) is 17.6. The van der Waals surface area contributed by atoms with Crippen LogP contribution in [0.15, 0.2) is 65.8 Å². The highest BCUT2D eigenvalue weighted by Crippen LogP contribution is 2.56.